The number of hydrogen-bond acceptors (Lipinski definition) is 3. The molecule has 120 valence electrons. The van der Waals surface area contributed by atoms with Crippen LogP contribution < -0.4 is 0 Å². The van der Waals surface area contributed by atoms with Crippen molar-refractivity contribution in [3.8, 4) is 0 Å². The monoisotopic (exact) mass is 325 g/mol. The molecule has 0 aromatic heterocycles. The van der Waals surface area contributed by atoms with Crippen molar-refractivity contribution < 1.29 is 23.4 Å². The molecule has 3 nitrogen and oxygen atoms in total. The van der Waals surface area contributed by atoms with E-state index in [1.807, 2.05) is 18.7 Å². The molecule has 0 fully saturated rings. The zero-order valence-corrected chi connectivity index (χ0v) is 12.6. The molecule has 21 heavy (non-hydrogen) atoms. The van der Waals surface area contributed by atoms with Gasteiger partial charge in [0.1, 0.15) is 0 Å². The fourth-order valence-corrected chi connectivity index (χ4v) is 2.10. The number of aliphatic hydroxyl groups is 2. The van der Waals surface area contributed by atoms with E-state index < -0.39 is 17.8 Å². The molecule has 0 aliphatic carbocycles. The van der Waals surface area contributed by atoms with E-state index in [2.05, 4.69) is 0 Å². The van der Waals surface area contributed by atoms with E-state index >= 15 is 0 Å². The lowest BCUT2D eigenvalue weighted by molar-refractivity contribution is -0.137. The summed E-state index contributed by atoms with van der Waals surface area (Å²) in [4.78, 5) is 1.83. The Balaban J connectivity index is 2.90. The van der Waals surface area contributed by atoms with E-state index in [0.717, 1.165) is 12.1 Å². The van der Waals surface area contributed by atoms with Gasteiger partial charge in [0.05, 0.1) is 18.3 Å². The maximum absolute atomic E-state index is 12.6. The normalized spacial score (nSPS) is 14.0. The van der Waals surface area contributed by atoms with Crippen LogP contribution in [0.4, 0.5) is 13.2 Å². The van der Waals surface area contributed by atoms with Crippen LogP contribution in [0.1, 0.15) is 25.0 Å². The zero-order chi connectivity index (χ0) is 16.2. The Hall–Kier alpha value is -0.820. The van der Waals surface area contributed by atoms with E-state index in [1.165, 1.54) is 6.07 Å². The van der Waals surface area contributed by atoms with Gasteiger partial charge < -0.3 is 10.2 Å². The summed E-state index contributed by atoms with van der Waals surface area (Å²) >= 11 is 5.92. The van der Waals surface area contributed by atoms with Crippen molar-refractivity contribution in [2.24, 2.45) is 0 Å². The predicted molar refractivity (Wildman–Crippen MR) is 75.1 cm³/mol. The van der Waals surface area contributed by atoms with Gasteiger partial charge in [0.25, 0.3) is 0 Å². The van der Waals surface area contributed by atoms with Crippen LogP contribution in [-0.4, -0.2) is 40.4 Å². The number of halogens is 4. The third kappa shape index (κ3) is 5.47. The zero-order valence-electron chi connectivity index (χ0n) is 11.9. The first-order valence-electron chi connectivity index (χ1n) is 6.53. The molecule has 0 aliphatic heterocycles. The van der Waals surface area contributed by atoms with Gasteiger partial charge in [-0.3, -0.25) is 4.90 Å². The standard InChI is InChI=1S/C14H19ClF3NO2/c1-9(2)19(7-12(21)8-20)6-10-3-4-11(5-13(10)15)14(16,17)18/h3-5,9,12,20-21H,6-8H2,1-2H3. The van der Waals surface area contributed by atoms with Crippen LogP contribution >= 0.6 is 11.6 Å². The Morgan fingerprint density at radius 3 is 2.33 bits per heavy atom. The molecule has 7 heteroatoms. The predicted octanol–water partition coefficient (Wildman–Crippen LogP) is 2.92. The molecule has 0 aliphatic rings. The van der Waals surface area contributed by atoms with Crippen LogP contribution in [0.2, 0.25) is 5.02 Å². The summed E-state index contributed by atoms with van der Waals surface area (Å²) in [7, 11) is 0. The van der Waals surface area contributed by atoms with Crippen molar-refractivity contribution in [2.45, 2.75) is 38.7 Å². The number of benzene rings is 1. The van der Waals surface area contributed by atoms with Gasteiger partial charge in [-0.15, -0.1) is 0 Å². The minimum atomic E-state index is -4.42. The molecule has 1 aromatic rings. The molecule has 0 spiro atoms. The van der Waals surface area contributed by atoms with Crippen LogP contribution in [-0.2, 0) is 12.7 Å². The van der Waals surface area contributed by atoms with E-state index in [-0.39, 0.29) is 24.2 Å². The van der Waals surface area contributed by atoms with E-state index in [1.54, 1.807) is 0 Å². The summed E-state index contributed by atoms with van der Waals surface area (Å²) in [6.45, 7) is 3.92. The summed E-state index contributed by atoms with van der Waals surface area (Å²) in [5.74, 6) is 0. The third-order valence-electron chi connectivity index (χ3n) is 3.14. The minimum absolute atomic E-state index is 0.0361. The highest BCUT2D eigenvalue weighted by Gasteiger charge is 2.31. The molecular weight excluding hydrogens is 307 g/mol. The Morgan fingerprint density at radius 1 is 1.29 bits per heavy atom. The Bertz CT molecular complexity index is 466. The SMILES string of the molecule is CC(C)N(Cc1ccc(C(F)(F)F)cc1Cl)CC(O)CO. The Labute approximate surface area is 126 Å². The second-order valence-electron chi connectivity index (χ2n) is 5.16. The smallest absolute Gasteiger partial charge is 0.394 e. The molecule has 0 radical (unpaired) electrons. The molecule has 2 N–H and O–H groups in total. The maximum atomic E-state index is 12.6. The van der Waals surface area contributed by atoms with Crippen molar-refractivity contribution in [1.29, 1.82) is 0 Å². The highest BCUT2D eigenvalue weighted by molar-refractivity contribution is 6.31. The van der Waals surface area contributed by atoms with E-state index in [4.69, 9.17) is 16.7 Å². The second kappa shape index (κ2) is 7.45. The van der Waals surface area contributed by atoms with Gasteiger partial charge in [-0.2, -0.15) is 13.2 Å². The van der Waals surface area contributed by atoms with Gasteiger partial charge in [-0.1, -0.05) is 17.7 Å². The highest BCUT2D eigenvalue weighted by Crippen LogP contribution is 2.32. The Morgan fingerprint density at radius 2 is 1.90 bits per heavy atom. The van der Waals surface area contributed by atoms with Gasteiger partial charge in [0.15, 0.2) is 0 Å². The van der Waals surface area contributed by atoms with Gasteiger partial charge in [0.2, 0.25) is 0 Å². The van der Waals surface area contributed by atoms with Crippen molar-refractivity contribution in [1.82, 2.24) is 4.90 Å². The lowest BCUT2D eigenvalue weighted by Crippen LogP contribution is -2.38. The van der Waals surface area contributed by atoms with Crippen molar-refractivity contribution in [3.63, 3.8) is 0 Å². The number of rotatable bonds is 6. The first-order valence-corrected chi connectivity index (χ1v) is 6.91. The van der Waals surface area contributed by atoms with Gasteiger partial charge in [-0.25, -0.2) is 0 Å². The minimum Gasteiger partial charge on any atom is -0.394 e. The first-order chi connectivity index (χ1) is 9.65. The molecule has 1 unspecified atom stereocenters. The molecule has 0 saturated heterocycles. The average molecular weight is 326 g/mol. The van der Waals surface area contributed by atoms with Crippen LogP contribution in [0.25, 0.3) is 0 Å². The molecule has 0 saturated carbocycles. The Kier molecular flexibility index (Phi) is 6.46. The fourth-order valence-electron chi connectivity index (χ4n) is 1.86. The van der Waals surface area contributed by atoms with Crippen LogP contribution in [0.15, 0.2) is 18.2 Å². The van der Waals surface area contributed by atoms with Crippen molar-refractivity contribution >= 4 is 11.6 Å². The highest BCUT2D eigenvalue weighted by atomic mass is 35.5. The molecular formula is C14H19ClF3NO2. The van der Waals surface area contributed by atoms with Gasteiger partial charge in [-0.05, 0) is 31.5 Å². The van der Waals surface area contributed by atoms with E-state index in [0.29, 0.717) is 12.1 Å². The van der Waals surface area contributed by atoms with Crippen LogP contribution in [0.5, 0.6) is 0 Å². The van der Waals surface area contributed by atoms with Crippen LogP contribution in [0, 0.1) is 0 Å². The maximum Gasteiger partial charge on any atom is 0.416 e. The molecule has 0 heterocycles. The van der Waals surface area contributed by atoms with E-state index in [9.17, 15) is 18.3 Å². The molecule has 1 rings (SSSR count). The lowest BCUT2D eigenvalue weighted by atomic mass is 10.1. The van der Waals surface area contributed by atoms with Gasteiger partial charge >= 0.3 is 6.18 Å². The molecule has 1 aromatic carbocycles. The number of nitrogens with zero attached hydrogens (tertiary/aromatic N) is 1. The summed E-state index contributed by atoms with van der Waals surface area (Å²) in [6.07, 6.45) is -5.33. The second-order valence-corrected chi connectivity index (χ2v) is 5.57. The quantitative estimate of drug-likeness (QED) is 0.845. The number of alkyl halides is 3. The molecule has 0 bridgehead atoms. The number of aliphatic hydroxyl groups excluding tert-OH is 2. The molecule has 0 amide bonds. The average Bonchev–Trinajstić information content (AvgIpc) is 2.38. The fraction of sp³-hybridized carbons (Fsp3) is 0.571. The lowest BCUT2D eigenvalue weighted by Gasteiger charge is -2.28. The van der Waals surface area contributed by atoms with Crippen molar-refractivity contribution in [3.05, 3.63) is 34.3 Å². The summed E-state index contributed by atoms with van der Waals surface area (Å²) in [6, 6.07) is 3.27. The summed E-state index contributed by atoms with van der Waals surface area (Å²) in [5.41, 5.74) is -0.244. The third-order valence-corrected chi connectivity index (χ3v) is 3.49. The first kappa shape index (κ1) is 18.2. The topological polar surface area (TPSA) is 43.7 Å². The summed E-state index contributed by atoms with van der Waals surface area (Å²) in [5, 5.41) is 18.4. The largest absolute Gasteiger partial charge is 0.416 e. The molecule has 1 atom stereocenters. The van der Waals surface area contributed by atoms with Crippen LogP contribution in [0.3, 0.4) is 0 Å². The van der Waals surface area contributed by atoms with Crippen molar-refractivity contribution in [2.75, 3.05) is 13.2 Å². The summed E-state index contributed by atoms with van der Waals surface area (Å²) < 4.78 is 37.7. The van der Waals surface area contributed by atoms with Gasteiger partial charge in [0, 0.05) is 24.2 Å². The number of hydrogen-bond donors (Lipinski definition) is 2.